The maximum atomic E-state index is 13.0. The summed E-state index contributed by atoms with van der Waals surface area (Å²) in [5.74, 6) is 1.91. The summed E-state index contributed by atoms with van der Waals surface area (Å²) < 4.78 is 30.4. The van der Waals surface area contributed by atoms with Crippen LogP contribution in [0.25, 0.3) is 0 Å². The van der Waals surface area contributed by atoms with Crippen LogP contribution in [0.2, 0.25) is 0 Å². The van der Waals surface area contributed by atoms with Crippen molar-refractivity contribution in [2.24, 2.45) is 5.92 Å². The van der Waals surface area contributed by atoms with Crippen LogP contribution in [0.4, 0.5) is 4.39 Å². The van der Waals surface area contributed by atoms with Crippen LogP contribution in [0.5, 0.6) is 17.2 Å². The summed E-state index contributed by atoms with van der Waals surface area (Å²) >= 11 is 0. The van der Waals surface area contributed by atoms with Gasteiger partial charge in [-0.2, -0.15) is 0 Å². The first-order valence-corrected chi connectivity index (χ1v) is 10.5. The normalized spacial score (nSPS) is 26.8. The summed E-state index contributed by atoms with van der Waals surface area (Å²) in [5.41, 5.74) is 0.564. The number of amides is 1. The fraction of sp³-hybridized carbons (Fsp3) is 0.435. The number of piperidine rings is 3. The summed E-state index contributed by atoms with van der Waals surface area (Å²) in [6.45, 7) is 3.83. The van der Waals surface area contributed by atoms with Crippen LogP contribution in [0.15, 0.2) is 42.5 Å². The van der Waals surface area contributed by atoms with Crippen molar-refractivity contribution in [1.29, 1.82) is 0 Å². The van der Waals surface area contributed by atoms with E-state index in [2.05, 4.69) is 10.2 Å². The molecule has 30 heavy (non-hydrogen) atoms. The van der Waals surface area contributed by atoms with E-state index in [1.165, 1.54) is 12.1 Å². The van der Waals surface area contributed by atoms with Crippen LogP contribution in [0, 0.1) is 11.7 Å². The van der Waals surface area contributed by atoms with Crippen molar-refractivity contribution in [2.45, 2.75) is 25.0 Å². The second-order valence-electron chi connectivity index (χ2n) is 8.20. The summed E-state index contributed by atoms with van der Waals surface area (Å²) in [6.07, 6.45) is 1.99. The molecule has 6 rings (SSSR count). The Balaban J connectivity index is 1.21. The van der Waals surface area contributed by atoms with Gasteiger partial charge in [0, 0.05) is 18.2 Å². The maximum Gasteiger partial charge on any atom is 0.251 e. The van der Waals surface area contributed by atoms with Gasteiger partial charge in [0.15, 0.2) is 17.6 Å². The number of halogens is 1. The molecule has 4 heterocycles. The Hall–Kier alpha value is -2.80. The molecule has 0 aliphatic carbocycles. The van der Waals surface area contributed by atoms with Crippen LogP contribution in [0.1, 0.15) is 23.2 Å². The highest BCUT2D eigenvalue weighted by Gasteiger charge is 2.35. The standard InChI is InChI=1S/C23H25FN2O4/c24-17-2-4-18(5-3-17)28-13-19-14-29-21-6-1-16(11-22(21)30-19)23(27)25-20-12-26-9-7-15(20)8-10-26/h1-6,11,15,19-20H,7-10,12-14H2,(H,25,27)/t19-,20+/m1/s1. The van der Waals surface area contributed by atoms with Gasteiger partial charge in [-0.1, -0.05) is 0 Å². The fourth-order valence-corrected chi connectivity index (χ4v) is 4.44. The van der Waals surface area contributed by atoms with E-state index in [0.29, 0.717) is 35.3 Å². The molecule has 2 aromatic carbocycles. The van der Waals surface area contributed by atoms with Crippen LogP contribution < -0.4 is 19.5 Å². The Morgan fingerprint density at radius 3 is 2.67 bits per heavy atom. The van der Waals surface area contributed by atoms with E-state index in [1.807, 2.05) is 0 Å². The third kappa shape index (κ3) is 4.07. The van der Waals surface area contributed by atoms with Gasteiger partial charge in [0.2, 0.25) is 0 Å². The molecule has 0 radical (unpaired) electrons. The molecule has 0 unspecified atom stereocenters. The summed E-state index contributed by atoms with van der Waals surface area (Å²) in [7, 11) is 0. The number of benzene rings is 2. The zero-order chi connectivity index (χ0) is 20.5. The Morgan fingerprint density at radius 2 is 1.93 bits per heavy atom. The largest absolute Gasteiger partial charge is 0.490 e. The average molecular weight is 412 g/mol. The highest BCUT2D eigenvalue weighted by Crippen LogP contribution is 2.33. The van der Waals surface area contributed by atoms with Crippen molar-refractivity contribution < 1.29 is 23.4 Å². The summed E-state index contributed by atoms with van der Waals surface area (Å²) in [4.78, 5) is 15.2. The molecule has 2 atom stereocenters. The quantitative estimate of drug-likeness (QED) is 0.819. The van der Waals surface area contributed by atoms with Gasteiger partial charge >= 0.3 is 0 Å². The number of hydrogen-bond acceptors (Lipinski definition) is 5. The Bertz CT molecular complexity index is 912. The lowest BCUT2D eigenvalue weighted by Gasteiger charge is -2.44. The molecule has 0 aromatic heterocycles. The number of rotatable bonds is 5. The first kappa shape index (κ1) is 19.2. The predicted octanol–water partition coefficient (Wildman–Crippen LogP) is 2.87. The van der Waals surface area contributed by atoms with E-state index < -0.39 is 0 Å². The van der Waals surface area contributed by atoms with Crippen LogP contribution in [-0.4, -0.2) is 55.8 Å². The number of nitrogens with zero attached hydrogens (tertiary/aromatic N) is 1. The van der Waals surface area contributed by atoms with Crippen molar-refractivity contribution in [3.63, 3.8) is 0 Å². The molecule has 4 aliphatic heterocycles. The number of hydrogen-bond donors (Lipinski definition) is 1. The maximum absolute atomic E-state index is 13.0. The van der Waals surface area contributed by atoms with E-state index in [-0.39, 0.29) is 30.5 Å². The molecule has 6 nitrogen and oxygen atoms in total. The topological polar surface area (TPSA) is 60.0 Å². The van der Waals surface area contributed by atoms with E-state index in [0.717, 1.165) is 32.5 Å². The minimum Gasteiger partial charge on any atom is -0.490 e. The van der Waals surface area contributed by atoms with Crippen LogP contribution >= 0.6 is 0 Å². The van der Waals surface area contributed by atoms with Gasteiger partial charge in [0.05, 0.1) is 0 Å². The zero-order valence-corrected chi connectivity index (χ0v) is 16.7. The lowest BCUT2D eigenvalue weighted by molar-refractivity contribution is 0.0530. The zero-order valence-electron chi connectivity index (χ0n) is 16.7. The van der Waals surface area contributed by atoms with Crippen molar-refractivity contribution in [3.05, 3.63) is 53.8 Å². The molecule has 3 fully saturated rings. The summed E-state index contributed by atoms with van der Waals surface area (Å²) in [6, 6.07) is 11.3. The Kier molecular flexibility index (Phi) is 5.21. The summed E-state index contributed by atoms with van der Waals surface area (Å²) in [5, 5.41) is 3.20. The highest BCUT2D eigenvalue weighted by molar-refractivity contribution is 5.95. The SMILES string of the molecule is O=C(N[C@H]1CN2CCC1CC2)c1ccc2c(c1)O[C@H](COc1ccc(F)cc1)CO2. The average Bonchev–Trinajstić information content (AvgIpc) is 2.79. The second kappa shape index (κ2) is 8.14. The number of carbonyl (C=O) groups is 1. The molecule has 2 aromatic rings. The van der Waals surface area contributed by atoms with Crippen molar-refractivity contribution in [3.8, 4) is 17.2 Å². The van der Waals surface area contributed by atoms with Crippen LogP contribution in [0.3, 0.4) is 0 Å². The lowest BCUT2D eigenvalue weighted by Crippen LogP contribution is -2.57. The highest BCUT2D eigenvalue weighted by atomic mass is 19.1. The molecule has 158 valence electrons. The molecule has 1 amide bonds. The van der Waals surface area contributed by atoms with Crippen molar-refractivity contribution in [2.75, 3.05) is 32.8 Å². The first-order valence-electron chi connectivity index (χ1n) is 10.5. The molecule has 0 saturated carbocycles. The molecule has 4 aliphatic rings. The number of ether oxygens (including phenoxy) is 3. The second-order valence-corrected chi connectivity index (χ2v) is 8.20. The molecule has 1 N–H and O–H groups in total. The van der Waals surface area contributed by atoms with E-state index in [4.69, 9.17) is 14.2 Å². The number of nitrogens with one attached hydrogen (secondary N) is 1. The van der Waals surface area contributed by atoms with Crippen molar-refractivity contribution in [1.82, 2.24) is 10.2 Å². The van der Waals surface area contributed by atoms with Gasteiger partial charge < -0.3 is 24.4 Å². The predicted molar refractivity (Wildman–Crippen MR) is 109 cm³/mol. The van der Waals surface area contributed by atoms with Gasteiger partial charge in [-0.15, -0.1) is 0 Å². The molecular weight excluding hydrogens is 387 g/mol. The van der Waals surface area contributed by atoms with Gasteiger partial charge in [-0.3, -0.25) is 4.79 Å². The molecule has 0 spiro atoms. The minimum absolute atomic E-state index is 0.0789. The number of fused-ring (bicyclic) bond motifs is 4. The van der Waals surface area contributed by atoms with Gasteiger partial charge in [0.25, 0.3) is 5.91 Å². The molecule has 7 heteroatoms. The Labute approximate surface area is 174 Å². The van der Waals surface area contributed by atoms with E-state index in [9.17, 15) is 9.18 Å². The van der Waals surface area contributed by atoms with Gasteiger partial charge in [0.1, 0.15) is 24.8 Å². The Morgan fingerprint density at radius 1 is 1.13 bits per heavy atom. The first-order chi connectivity index (χ1) is 14.6. The molecule has 3 saturated heterocycles. The monoisotopic (exact) mass is 412 g/mol. The fourth-order valence-electron chi connectivity index (χ4n) is 4.44. The van der Waals surface area contributed by atoms with Gasteiger partial charge in [-0.25, -0.2) is 4.39 Å². The van der Waals surface area contributed by atoms with E-state index >= 15 is 0 Å². The smallest absolute Gasteiger partial charge is 0.251 e. The van der Waals surface area contributed by atoms with Crippen molar-refractivity contribution >= 4 is 5.91 Å². The number of carbonyl (C=O) groups excluding carboxylic acids is 1. The van der Waals surface area contributed by atoms with E-state index in [1.54, 1.807) is 30.3 Å². The molecular formula is C23H25FN2O4. The third-order valence-electron chi connectivity index (χ3n) is 6.15. The van der Waals surface area contributed by atoms with Gasteiger partial charge in [-0.05, 0) is 74.3 Å². The third-order valence-corrected chi connectivity index (χ3v) is 6.15. The lowest BCUT2D eigenvalue weighted by atomic mass is 9.84. The van der Waals surface area contributed by atoms with Crippen LogP contribution in [-0.2, 0) is 0 Å². The molecule has 2 bridgehead atoms. The minimum atomic E-state index is -0.317.